The fraction of sp³-hybridized carbons (Fsp3) is 0.935. The van der Waals surface area contributed by atoms with Gasteiger partial charge in [0, 0.05) is 31.5 Å². The second kappa shape index (κ2) is 21.8. The van der Waals surface area contributed by atoms with E-state index in [1.54, 1.807) is 6.92 Å². The van der Waals surface area contributed by atoms with Crippen LogP contribution in [-0.4, -0.2) is 120 Å². The molecule has 0 aromatic carbocycles. The molecule has 3 atom stereocenters. The number of aliphatic hydroxyl groups is 3. The lowest BCUT2D eigenvalue weighted by molar-refractivity contribution is -0.148. The Morgan fingerprint density at radius 2 is 1.36 bits per heavy atom. The minimum absolute atomic E-state index is 0.0102. The van der Waals surface area contributed by atoms with Crippen molar-refractivity contribution < 1.29 is 48.3 Å². The van der Waals surface area contributed by atoms with Gasteiger partial charge in [-0.25, -0.2) is 0 Å². The number of hydrogen-bond donors (Lipinski definition) is 5. The molecule has 0 heterocycles. The molecule has 0 aliphatic heterocycles. The molecule has 0 aromatic heterocycles. The Morgan fingerprint density at radius 1 is 0.844 bits per heavy atom. The standard InChI is InChI=1S/C31H66N2O10Si2/c1-10-31(11-2,15-19-40-22-27(36)23-41-28(37)13-16-32)45(8,9)43-30(4,5)44(6,7)20-12-18-39-21-26(35)24-42-29(38)14-17-33-25(3)34/h25-27,33-36H,10-24,32H2,1-9H3. The molecular weight excluding hydrogens is 617 g/mol. The highest BCUT2D eigenvalue weighted by Crippen LogP contribution is 2.50. The van der Waals surface area contributed by atoms with Crippen LogP contribution in [0.2, 0.25) is 37.3 Å². The van der Waals surface area contributed by atoms with Crippen molar-refractivity contribution in [2.24, 2.45) is 5.73 Å². The molecule has 0 saturated heterocycles. The van der Waals surface area contributed by atoms with Gasteiger partial charge in [-0.1, -0.05) is 45.8 Å². The van der Waals surface area contributed by atoms with E-state index in [-0.39, 0.29) is 56.1 Å². The molecule has 0 rings (SSSR count). The quantitative estimate of drug-likeness (QED) is 0.0371. The van der Waals surface area contributed by atoms with Crippen LogP contribution in [0.1, 0.15) is 73.1 Å². The van der Waals surface area contributed by atoms with Crippen LogP contribution in [0.15, 0.2) is 0 Å². The zero-order chi connectivity index (χ0) is 34.7. The summed E-state index contributed by atoms with van der Waals surface area (Å²) < 4.78 is 28.8. The van der Waals surface area contributed by atoms with E-state index in [0.29, 0.717) is 19.8 Å². The van der Waals surface area contributed by atoms with E-state index in [1.165, 1.54) is 0 Å². The van der Waals surface area contributed by atoms with Crippen LogP contribution in [-0.2, 0) is 33.0 Å². The minimum Gasteiger partial charge on any atom is -0.463 e. The minimum atomic E-state index is -2.26. The van der Waals surface area contributed by atoms with Crippen molar-refractivity contribution in [2.45, 2.75) is 134 Å². The van der Waals surface area contributed by atoms with Gasteiger partial charge in [-0.05, 0) is 51.7 Å². The maximum absolute atomic E-state index is 11.7. The summed E-state index contributed by atoms with van der Waals surface area (Å²) in [6.45, 7) is 21.2. The average Bonchev–Trinajstić information content (AvgIpc) is 2.94. The normalized spacial score (nSPS) is 15.0. The fourth-order valence-corrected chi connectivity index (χ4v) is 12.8. The van der Waals surface area contributed by atoms with E-state index < -0.39 is 46.8 Å². The number of carbonyl (C=O) groups excluding carboxylic acids is 2. The van der Waals surface area contributed by atoms with Gasteiger partial charge in [-0.3, -0.25) is 14.9 Å². The monoisotopic (exact) mass is 682 g/mol. The maximum atomic E-state index is 11.7. The number of hydrogen-bond acceptors (Lipinski definition) is 12. The van der Waals surface area contributed by atoms with Crippen molar-refractivity contribution in [1.29, 1.82) is 0 Å². The number of carbonyl (C=O) groups is 2. The van der Waals surface area contributed by atoms with Crippen molar-refractivity contribution in [3.8, 4) is 0 Å². The summed E-state index contributed by atoms with van der Waals surface area (Å²) in [7, 11) is -4.15. The Bertz CT molecular complexity index is 826. The SMILES string of the molecule is CCC(CC)(CCOCC(O)COC(=O)CCN)[Si](C)(C)OC(C)(C)[Si](C)(C)CCCOCC(O)COC(=O)CCNC(C)O. The van der Waals surface area contributed by atoms with Gasteiger partial charge < -0.3 is 44.4 Å². The highest BCUT2D eigenvalue weighted by Gasteiger charge is 2.51. The highest BCUT2D eigenvalue weighted by molar-refractivity contribution is 6.82. The third-order valence-corrected chi connectivity index (χ3v) is 18.9. The lowest BCUT2D eigenvalue weighted by atomic mass is 9.98. The van der Waals surface area contributed by atoms with E-state index in [0.717, 1.165) is 31.7 Å². The van der Waals surface area contributed by atoms with Crippen molar-refractivity contribution in [3.05, 3.63) is 0 Å². The molecule has 0 aliphatic carbocycles. The number of nitrogens with one attached hydrogen (secondary N) is 1. The highest BCUT2D eigenvalue weighted by atomic mass is 28.4. The lowest BCUT2D eigenvalue weighted by Gasteiger charge is -2.52. The molecule has 0 aliphatic rings. The fourth-order valence-electron chi connectivity index (χ4n) is 5.38. The molecule has 6 N–H and O–H groups in total. The van der Waals surface area contributed by atoms with Crippen LogP contribution in [0, 0.1) is 0 Å². The van der Waals surface area contributed by atoms with E-state index in [4.69, 9.17) is 34.2 Å². The van der Waals surface area contributed by atoms with Gasteiger partial charge in [0.25, 0.3) is 0 Å². The maximum Gasteiger partial charge on any atom is 0.307 e. The van der Waals surface area contributed by atoms with Crippen LogP contribution < -0.4 is 11.1 Å². The first kappa shape index (κ1) is 44.1. The summed E-state index contributed by atoms with van der Waals surface area (Å²) in [4.78, 5) is 23.2. The van der Waals surface area contributed by atoms with Gasteiger partial charge in [0.05, 0.1) is 34.1 Å². The van der Waals surface area contributed by atoms with Crippen molar-refractivity contribution in [1.82, 2.24) is 5.32 Å². The molecule has 0 fully saturated rings. The zero-order valence-electron chi connectivity index (χ0n) is 29.6. The summed E-state index contributed by atoms with van der Waals surface area (Å²) >= 11 is 0. The predicted molar refractivity (Wildman–Crippen MR) is 181 cm³/mol. The predicted octanol–water partition coefficient (Wildman–Crippen LogP) is 3.08. The van der Waals surface area contributed by atoms with Crippen LogP contribution in [0.5, 0.6) is 0 Å². The van der Waals surface area contributed by atoms with Crippen LogP contribution >= 0.6 is 0 Å². The van der Waals surface area contributed by atoms with E-state index >= 15 is 0 Å². The molecule has 0 spiro atoms. The number of esters is 2. The molecule has 0 radical (unpaired) electrons. The topological polar surface area (TPSA) is 179 Å². The first-order valence-corrected chi connectivity index (χ1v) is 22.6. The Morgan fingerprint density at radius 3 is 1.84 bits per heavy atom. The Balaban J connectivity index is 4.79. The summed E-state index contributed by atoms with van der Waals surface area (Å²) in [5, 5.41) is 31.8. The van der Waals surface area contributed by atoms with Gasteiger partial charge in [-0.2, -0.15) is 0 Å². The largest absolute Gasteiger partial charge is 0.463 e. The van der Waals surface area contributed by atoms with Gasteiger partial charge in [0.1, 0.15) is 31.6 Å². The number of rotatable bonds is 27. The number of aliphatic hydroxyl groups excluding tert-OH is 3. The first-order chi connectivity index (χ1) is 20.9. The van der Waals surface area contributed by atoms with Crippen LogP contribution in [0.4, 0.5) is 0 Å². The number of nitrogens with two attached hydrogens (primary N) is 1. The molecule has 0 amide bonds. The molecule has 3 unspecified atom stereocenters. The molecule has 268 valence electrons. The summed E-state index contributed by atoms with van der Waals surface area (Å²) in [6, 6.07) is 0.994. The molecule has 0 aromatic rings. The molecule has 12 nitrogen and oxygen atoms in total. The van der Waals surface area contributed by atoms with Crippen molar-refractivity contribution in [3.63, 3.8) is 0 Å². The third kappa shape index (κ3) is 17.1. The van der Waals surface area contributed by atoms with Gasteiger partial charge in [0.15, 0.2) is 8.32 Å². The molecule has 0 bridgehead atoms. The molecule has 0 saturated carbocycles. The van der Waals surface area contributed by atoms with E-state index in [9.17, 15) is 19.8 Å². The van der Waals surface area contributed by atoms with Crippen molar-refractivity contribution >= 4 is 28.3 Å². The second-order valence-electron chi connectivity index (χ2n) is 13.6. The Kier molecular flexibility index (Phi) is 21.4. The average molecular weight is 683 g/mol. The Labute approximate surface area is 274 Å². The molecule has 45 heavy (non-hydrogen) atoms. The third-order valence-electron chi connectivity index (χ3n) is 9.20. The zero-order valence-corrected chi connectivity index (χ0v) is 31.6. The van der Waals surface area contributed by atoms with E-state index in [1.807, 2.05) is 0 Å². The number of ether oxygens (including phenoxy) is 4. The van der Waals surface area contributed by atoms with Gasteiger partial charge >= 0.3 is 11.9 Å². The Hall–Kier alpha value is -0.946. The van der Waals surface area contributed by atoms with Crippen LogP contribution in [0.25, 0.3) is 0 Å². The van der Waals surface area contributed by atoms with Gasteiger partial charge in [0.2, 0.25) is 0 Å². The van der Waals surface area contributed by atoms with E-state index in [2.05, 4.69) is 59.2 Å². The molecular formula is C31H66N2O10Si2. The lowest BCUT2D eigenvalue weighted by Crippen LogP contribution is -2.60. The molecule has 14 heteroatoms. The van der Waals surface area contributed by atoms with Gasteiger partial charge in [-0.15, -0.1) is 0 Å². The van der Waals surface area contributed by atoms with Crippen LogP contribution in [0.3, 0.4) is 0 Å². The first-order valence-electron chi connectivity index (χ1n) is 16.5. The van der Waals surface area contributed by atoms with Crippen molar-refractivity contribution in [2.75, 3.05) is 52.7 Å². The summed E-state index contributed by atoms with van der Waals surface area (Å²) in [5.74, 6) is -0.865. The second-order valence-corrected chi connectivity index (χ2v) is 23.3. The smallest absolute Gasteiger partial charge is 0.307 e. The summed E-state index contributed by atoms with van der Waals surface area (Å²) in [5.41, 5.74) is 5.35. The summed E-state index contributed by atoms with van der Waals surface area (Å²) in [6.07, 6.45) is 1.37.